The number of carbonyl (C=O) groups is 1. The Kier molecular flexibility index (Phi) is 5.77. The summed E-state index contributed by atoms with van der Waals surface area (Å²) in [5.74, 6) is -0.0520. The average Bonchev–Trinajstić information content (AvgIpc) is 3.60. The van der Waals surface area contributed by atoms with E-state index < -0.39 is 0 Å². The Hall–Kier alpha value is -3.75. The van der Waals surface area contributed by atoms with E-state index in [4.69, 9.17) is 17.3 Å². The first-order valence-corrected chi connectivity index (χ1v) is 11.7. The SMILES string of the molecule is CN(Cc1cn(-c2ccccc2)nc1-c1cccs1)C(=O)c1ccc(-n2cc[nH]c2=S)cc1. The number of aromatic nitrogens is 4. The molecule has 0 aliphatic heterocycles. The normalized spacial score (nSPS) is 10.9. The number of carbonyl (C=O) groups excluding carboxylic acids is 1. The molecular weight excluding hydrogens is 450 g/mol. The zero-order valence-electron chi connectivity index (χ0n) is 17.9. The van der Waals surface area contributed by atoms with Crippen LogP contribution in [0.4, 0.5) is 0 Å². The Balaban J connectivity index is 1.40. The molecule has 6 nitrogen and oxygen atoms in total. The van der Waals surface area contributed by atoms with Gasteiger partial charge in [0, 0.05) is 49.0 Å². The molecule has 0 spiro atoms. The minimum absolute atomic E-state index is 0.0520. The molecular formula is C25H21N5OS2. The summed E-state index contributed by atoms with van der Waals surface area (Å²) in [6.07, 6.45) is 5.66. The van der Waals surface area contributed by atoms with Gasteiger partial charge in [-0.3, -0.25) is 9.36 Å². The number of nitrogens with zero attached hydrogens (tertiary/aromatic N) is 4. The summed E-state index contributed by atoms with van der Waals surface area (Å²) in [5.41, 5.74) is 4.40. The van der Waals surface area contributed by atoms with Crippen LogP contribution in [0.3, 0.4) is 0 Å². The monoisotopic (exact) mass is 471 g/mol. The van der Waals surface area contributed by atoms with E-state index in [-0.39, 0.29) is 5.91 Å². The van der Waals surface area contributed by atoms with Crippen LogP contribution in [0.1, 0.15) is 15.9 Å². The van der Waals surface area contributed by atoms with E-state index in [1.54, 1.807) is 22.4 Å². The molecule has 2 aromatic carbocycles. The summed E-state index contributed by atoms with van der Waals surface area (Å²) in [7, 11) is 1.82. The van der Waals surface area contributed by atoms with E-state index in [9.17, 15) is 4.79 Å². The van der Waals surface area contributed by atoms with Gasteiger partial charge in [-0.25, -0.2) is 4.68 Å². The lowest BCUT2D eigenvalue weighted by molar-refractivity contribution is 0.0785. The Bertz CT molecular complexity index is 1430. The second-order valence-corrected chi connectivity index (χ2v) is 8.94. The van der Waals surface area contributed by atoms with Crippen molar-refractivity contribution < 1.29 is 4.79 Å². The molecule has 0 radical (unpaired) electrons. The maximum atomic E-state index is 13.2. The quantitative estimate of drug-likeness (QED) is 0.322. The van der Waals surface area contributed by atoms with Crippen LogP contribution in [0, 0.1) is 4.77 Å². The Labute approximate surface area is 200 Å². The molecule has 0 saturated carbocycles. The zero-order valence-corrected chi connectivity index (χ0v) is 19.5. The van der Waals surface area contributed by atoms with Crippen molar-refractivity contribution in [1.29, 1.82) is 0 Å². The Morgan fingerprint density at radius 2 is 1.85 bits per heavy atom. The van der Waals surface area contributed by atoms with Crippen LogP contribution >= 0.6 is 23.6 Å². The topological polar surface area (TPSA) is 58.9 Å². The van der Waals surface area contributed by atoms with Gasteiger partial charge >= 0.3 is 0 Å². The van der Waals surface area contributed by atoms with Crippen LogP contribution in [0.25, 0.3) is 21.9 Å². The van der Waals surface area contributed by atoms with Gasteiger partial charge in [-0.05, 0) is 60.1 Å². The molecule has 0 fully saturated rings. The van der Waals surface area contributed by atoms with Gasteiger partial charge in [-0.1, -0.05) is 24.3 Å². The fourth-order valence-corrected chi connectivity index (χ4v) is 4.67. The summed E-state index contributed by atoms with van der Waals surface area (Å²) in [6.45, 7) is 0.448. The smallest absolute Gasteiger partial charge is 0.253 e. The molecule has 0 atom stereocenters. The fourth-order valence-electron chi connectivity index (χ4n) is 3.70. The maximum absolute atomic E-state index is 13.2. The highest BCUT2D eigenvalue weighted by molar-refractivity contribution is 7.71. The largest absolute Gasteiger partial charge is 0.337 e. The number of imidazole rings is 1. The molecule has 0 unspecified atom stereocenters. The lowest BCUT2D eigenvalue weighted by atomic mass is 10.1. The number of thiophene rings is 1. The van der Waals surface area contributed by atoms with Crippen molar-refractivity contribution in [2.24, 2.45) is 0 Å². The second kappa shape index (κ2) is 9.01. The standard InChI is InChI=1S/C25H21N5OS2/c1-28(24(31)18-9-11-20(12-10-18)29-14-13-26-25(29)32)16-19-17-30(21-6-3-2-4-7-21)27-23(19)22-8-5-15-33-22/h2-15,17H,16H2,1H3,(H,26,32). The molecule has 3 aromatic heterocycles. The number of benzene rings is 2. The number of rotatable bonds is 6. The van der Waals surface area contributed by atoms with E-state index in [0.717, 1.165) is 27.5 Å². The number of para-hydroxylation sites is 1. The van der Waals surface area contributed by atoms with Gasteiger partial charge in [-0.15, -0.1) is 11.3 Å². The third-order valence-corrected chi connectivity index (χ3v) is 6.55. The van der Waals surface area contributed by atoms with Crippen molar-refractivity contribution in [3.8, 4) is 21.9 Å². The van der Waals surface area contributed by atoms with E-state index in [1.165, 1.54) is 0 Å². The molecule has 1 amide bonds. The van der Waals surface area contributed by atoms with Crippen molar-refractivity contribution in [2.45, 2.75) is 6.54 Å². The van der Waals surface area contributed by atoms with Crippen molar-refractivity contribution in [3.05, 3.63) is 107 Å². The minimum atomic E-state index is -0.0520. The molecule has 5 rings (SSSR count). The third kappa shape index (κ3) is 4.30. The first-order valence-electron chi connectivity index (χ1n) is 10.4. The average molecular weight is 472 g/mol. The van der Waals surface area contributed by atoms with Crippen molar-refractivity contribution in [3.63, 3.8) is 0 Å². The Morgan fingerprint density at radius 1 is 1.06 bits per heavy atom. The lowest BCUT2D eigenvalue weighted by Crippen LogP contribution is -2.26. The molecule has 0 bridgehead atoms. The Morgan fingerprint density at radius 3 is 2.52 bits per heavy atom. The van der Waals surface area contributed by atoms with Gasteiger partial charge < -0.3 is 9.88 Å². The highest BCUT2D eigenvalue weighted by Gasteiger charge is 2.18. The molecule has 0 aliphatic rings. The summed E-state index contributed by atoms with van der Waals surface area (Å²) < 4.78 is 4.35. The summed E-state index contributed by atoms with van der Waals surface area (Å²) in [6, 6.07) is 21.5. The summed E-state index contributed by atoms with van der Waals surface area (Å²) in [5, 5.41) is 6.87. The van der Waals surface area contributed by atoms with Gasteiger partial charge in [0.25, 0.3) is 5.91 Å². The van der Waals surface area contributed by atoms with Crippen LogP contribution in [-0.4, -0.2) is 37.2 Å². The highest BCUT2D eigenvalue weighted by atomic mass is 32.1. The molecule has 33 heavy (non-hydrogen) atoms. The highest BCUT2D eigenvalue weighted by Crippen LogP contribution is 2.29. The van der Waals surface area contributed by atoms with Crippen LogP contribution in [-0.2, 0) is 6.54 Å². The van der Waals surface area contributed by atoms with Crippen LogP contribution in [0.15, 0.2) is 90.7 Å². The van der Waals surface area contributed by atoms with Crippen LogP contribution < -0.4 is 0 Å². The van der Waals surface area contributed by atoms with Crippen molar-refractivity contribution in [1.82, 2.24) is 24.2 Å². The van der Waals surface area contributed by atoms with Gasteiger partial charge in [0.05, 0.1) is 10.6 Å². The minimum Gasteiger partial charge on any atom is -0.337 e. The fraction of sp³-hybridized carbons (Fsp3) is 0.0800. The number of nitrogens with one attached hydrogen (secondary N) is 1. The first-order chi connectivity index (χ1) is 16.1. The molecule has 3 heterocycles. The number of aromatic amines is 1. The predicted molar refractivity (Wildman–Crippen MR) is 134 cm³/mol. The predicted octanol–water partition coefficient (Wildman–Crippen LogP) is 5.72. The number of hydrogen-bond donors (Lipinski definition) is 1. The maximum Gasteiger partial charge on any atom is 0.253 e. The van der Waals surface area contributed by atoms with Gasteiger partial charge in [0.15, 0.2) is 4.77 Å². The summed E-state index contributed by atoms with van der Waals surface area (Å²) in [4.78, 5) is 18.9. The molecule has 164 valence electrons. The lowest BCUT2D eigenvalue weighted by Gasteiger charge is -2.17. The molecule has 0 saturated heterocycles. The number of amides is 1. The second-order valence-electron chi connectivity index (χ2n) is 7.60. The van der Waals surface area contributed by atoms with E-state index >= 15 is 0 Å². The number of hydrogen-bond acceptors (Lipinski definition) is 4. The van der Waals surface area contributed by atoms with E-state index in [2.05, 4.69) is 11.1 Å². The number of H-pyrrole nitrogens is 1. The van der Waals surface area contributed by atoms with Crippen molar-refractivity contribution >= 4 is 29.5 Å². The van der Waals surface area contributed by atoms with Gasteiger partial charge in [0.1, 0.15) is 5.69 Å². The van der Waals surface area contributed by atoms with Gasteiger partial charge in [0.2, 0.25) is 0 Å². The van der Waals surface area contributed by atoms with Crippen molar-refractivity contribution in [2.75, 3.05) is 7.05 Å². The molecule has 1 N–H and O–H groups in total. The zero-order chi connectivity index (χ0) is 22.8. The molecule has 0 aliphatic carbocycles. The van der Waals surface area contributed by atoms with E-state index in [0.29, 0.717) is 16.9 Å². The summed E-state index contributed by atoms with van der Waals surface area (Å²) >= 11 is 6.91. The van der Waals surface area contributed by atoms with Gasteiger partial charge in [-0.2, -0.15) is 5.10 Å². The third-order valence-electron chi connectivity index (χ3n) is 5.36. The van der Waals surface area contributed by atoms with Crippen LogP contribution in [0.5, 0.6) is 0 Å². The first kappa shape index (κ1) is 21.1. The van der Waals surface area contributed by atoms with E-state index in [1.807, 2.05) is 94.7 Å². The molecule has 5 aromatic rings. The van der Waals surface area contributed by atoms with Crippen LogP contribution in [0.2, 0.25) is 0 Å². The molecule has 8 heteroatoms.